The molecule has 1 aromatic carbocycles. The number of aromatic nitrogens is 1. The number of nitrogens with zero attached hydrogens (tertiary/aromatic N) is 1. The summed E-state index contributed by atoms with van der Waals surface area (Å²) in [7, 11) is 0. The molecule has 1 aliphatic heterocycles. The number of hydrogen-bond acceptors (Lipinski definition) is 2. The Labute approximate surface area is 130 Å². The molecule has 4 rings (SSSR count). The van der Waals surface area contributed by atoms with Crippen molar-refractivity contribution in [1.82, 2.24) is 10.3 Å². The highest BCUT2D eigenvalue weighted by Crippen LogP contribution is 2.44. The Hall–Kier alpha value is -1.38. The molecule has 0 saturated carbocycles. The van der Waals surface area contributed by atoms with Gasteiger partial charge >= 0.3 is 0 Å². The first-order valence-corrected chi connectivity index (χ1v) is 8.11. The van der Waals surface area contributed by atoms with Gasteiger partial charge in [0.15, 0.2) is 0 Å². The second kappa shape index (κ2) is 5.11. The summed E-state index contributed by atoms with van der Waals surface area (Å²) >= 11 is 6.24. The average Bonchev–Trinajstić information content (AvgIpc) is 2.65. The molecule has 2 aromatic rings. The summed E-state index contributed by atoms with van der Waals surface area (Å²) in [5, 5.41) is 4.34. The van der Waals surface area contributed by atoms with E-state index in [1.165, 1.54) is 22.4 Å². The molecular formula is C18H19ClN2. The van der Waals surface area contributed by atoms with Crippen LogP contribution in [0.3, 0.4) is 0 Å². The zero-order valence-electron chi connectivity index (χ0n) is 12.0. The van der Waals surface area contributed by atoms with Crippen molar-refractivity contribution in [1.29, 1.82) is 0 Å². The largest absolute Gasteiger partial charge is 0.317 e. The fourth-order valence-corrected chi connectivity index (χ4v) is 4.26. The summed E-state index contributed by atoms with van der Waals surface area (Å²) in [6.45, 7) is 2.11. The number of aryl methyl sites for hydroxylation is 2. The second-order valence-electron chi connectivity index (χ2n) is 6.14. The number of fused-ring (bicyclic) bond motifs is 4. The van der Waals surface area contributed by atoms with Gasteiger partial charge in [0.1, 0.15) is 0 Å². The van der Waals surface area contributed by atoms with Gasteiger partial charge in [0.05, 0.1) is 5.69 Å². The number of piperidine rings is 1. The van der Waals surface area contributed by atoms with Gasteiger partial charge in [0.2, 0.25) is 0 Å². The zero-order chi connectivity index (χ0) is 14.3. The molecule has 1 N–H and O–H groups in total. The monoisotopic (exact) mass is 298 g/mol. The molecule has 2 aliphatic rings. The Balaban J connectivity index is 1.98. The van der Waals surface area contributed by atoms with Crippen molar-refractivity contribution in [3.8, 4) is 0 Å². The first kappa shape index (κ1) is 13.3. The Kier molecular flexibility index (Phi) is 3.24. The molecule has 0 radical (unpaired) electrons. The van der Waals surface area contributed by atoms with Crippen molar-refractivity contribution in [2.75, 3.05) is 13.1 Å². The second-order valence-corrected chi connectivity index (χ2v) is 6.58. The smallest absolute Gasteiger partial charge is 0.0542 e. The van der Waals surface area contributed by atoms with Crippen LogP contribution in [0, 0.1) is 0 Å². The highest BCUT2D eigenvalue weighted by Gasteiger charge is 2.41. The lowest BCUT2D eigenvalue weighted by Gasteiger charge is -2.39. The highest BCUT2D eigenvalue weighted by atomic mass is 35.5. The number of benzene rings is 1. The van der Waals surface area contributed by atoms with E-state index >= 15 is 0 Å². The SMILES string of the molecule is Clc1ccc2c(c1)CCc1cccnc1C21CCNCC1. The lowest BCUT2D eigenvalue weighted by atomic mass is 9.69. The van der Waals surface area contributed by atoms with Crippen LogP contribution in [-0.4, -0.2) is 18.1 Å². The maximum Gasteiger partial charge on any atom is 0.0542 e. The maximum absolute atomic E-state index is 6.24. The Morgan fingerprint density at radius 1 is 1.05 bits per heavy atom. The standard InChI is InChI=1S/C18H19ClN2/c19-15-5-6-16-14(12-15)4-3-13-2-1-9-21-17(13)18(16)7-10-20-11-8-18/h1-2,5-6,9,12,20H,3-4,7-8,10-11H2. The molecule has 1 aliphatic carbocycles. The number of hydrogen-bond donors (Lipinski definition) is 1. The van der Waals surface area contributed by atoms with Gasteiger partial charge in [0, 0.05) is 16.6 Å². The van der Waals surface area contributed by atoms with E-state index in [1.807, 2.05) is 12.3 Å². The molecule has 1 aromatic heterocycles. The van der Waals surface area contributed by atoms with E-state index in [2.05, 4.69) is 29.6 Å². The van der Waals surface area contributed by atoms with Crippen LogP contribution in [0.25, 0.3) is 0 Å². The molecule has 2 nitrogen and oxygen atoms in total. The van der Waals surface area contributed by atoms with Gasteiger partial charge in [-0.25, -0.2) is 0 Å². The minimum Gasteiger partial charge on any atom is -0.317 e. The van der Waals surface area contributed by atoms with Crippen molar-refractivity contribution in [3.63, 3.8) is 0 Å². The molecule has 2 heterocycles. The lowest BCUT2D eigenvalue weighted by molar-refractivity contribution is 0.353. The van der Waals surface area contributed by atoms with Crippen molar-refractivity contribution >= 4 is 11.6 Å². The number of rotatable bonds is 0. The summed E-state index contributed by atoms with van der Waals surface area (Å²) in [5.74, 6) is 0. The predicted octanol–water partition coefficient (Wildman–Crippen LogP) is 3.50. The Morgan fingerprint density at radius 3 is 2.71 bits per heavy atom. The number of nitrogens with one attached hydrogen (secondary N) is 1. The highest BCUT2D eigenvalue weighted by molar-refractivity contribution is 6.30. The molecule has 0 unspecified atom stereocenters. The Bertz CT molecular complexity index is 675. The fraction of sp³-hybridized carbons (Fsp3) is 0.389. The van der Waals surface area contributed by atoms with Crippen LogP contribution in [-0.2, 0) is 18.3 Å². The predicted molar refractivity (Wildman–Crippen MR) is 86.0 cm³/mol. The third kappa shape index (κ3) is 2.09. The van der Waals surface area contributed by atoms with Gasteiger partial charge < -0.3 is 5.32 Å². The summed E-state index contributed by atoms with van der Waals surface area (Å²) in [6.07, 6.45) is 6.30. The van der Waals surface area contributed by atoms with Crippen LogP contribution >= 0.6 is 11.6 Å². The van der Waals surface area contributed by atoms with E-state index in [0.717, 1.165) is 43.8 Å². The average molecular weight is 299 g/mol. The van der Waals surface area contributed by atoms with Crippen LogP contribution in [0.15, 0.2) is 36.5 Å². The molecule has 21 heavy (non-hydrogen) atoms. The zero-order valence-corrected chi connectivity index (χ0v) is 12.8. The van der Waals surface area contributed by atoms with E-state index in [1.54, 1.807) is 0 Å². The minimum atomic E-state index is 0.0677. The Morgan fingerprint density at radius 2 is 1.86 bits per heavy atom. The molecule has 3 heteroatoms. The molecular weight excluding hydrogens is 280 g/mol. The van der Waals surface area contributed by atoms with E-state index < -0.39 is 0 Å². The molecule has 0 amide bonds. The van der Waals surface area contributed by atoms with Gasteiger partial charge in [-0.05, 0) is 73.7 Å². The van der Waals surface area contributed by atoms with Crippen LogP contribution in [0.2, 0.25) is 5.02 Å². The van der Waals surface area contributed by atoms with Crippen LogP contribution < -0.4 is 5.32 Å². The van der Waals surface area contributed by atoms with E-state index in [9.17, 15) is 0 Å². The fourth-order valence-electron chi connectivity index (χ4n) is 4.06. The normalized spacial score (nSPS) is 19.7. The molecule has 0 atom stereocenters. The van der Waals surface area contributed by atoms with Crippen LogP contribution in [0.5, 0.6) is 0 Å². The molecule has 0 bridgehead atoms. The van der Waals surface area contributed by atoms with Gasteiger partial charge in [-0.3, -0.25) is 4.98 Å². The molecule has 1 spiro atoms. The maximum atomic E-state index is 6.24. The van der Waals surface area contributed by atoms with Crippen molar-refractivity contribution in [3.05, 3.63) is 63.9 Å². The van der Waals surface area contributed by atoms with Crippen molar-refractivity contribution < 1.29 is 0 Å². The number of pyridine rings is 1. The van der Waals surface area contributed by atoms with E-state index in [4.69, 9.17) is 16.6 Å². The first-order chi connectivity index (χ1) is 10.3. The van der Waals surface area contributed by atoms with Gasteiger partial charge in [-0.15, -0.1) is 0 Å². The summed E-state index contributed by atoms with van der Waals surface area (Å²) < 4.78 is 0. The third-order valence-corrected chi connectivity index (χ3v) is 5.28. The summed E-state index contributed by atoms with van der Waals surface area (Å²) in [5.41, 5.74) is 5.63. The minimum absolute atomic E-state index is 0.0677. The quantitative estimate of drug-likeness (QED) is 0.805. The van der Waals surface area contributed by atoms with Gasteiger partial charge in [0.25, 0.3) is 0 Å². The molecule has 1 fully saturated rings. The van der Waals surface area contributed by atoms with Crippen molar-refractivity contribution in [2.45, 2.75) is 31.1 Å². The van der Waals surface area contributed by atoms with Crippen LogP contribution in [0.4, 0.5) is 0 Å². The number of halogens is 1. The van der Waals surface area contributed by atoms with E-state index in [-0.39, 0.29) is 5.41 Å². The lowest BCUT2D eigenvalue weighted by Crippen LogP contribution is -2.42. The van der Waals surface area contributed by atoms with Crippen molar-refractivity contribution in [2.24, 2.45) is 0 Å². The summed E-state index contributed by atoms with van der Waals surface area (Å²) in [4.78, 5) is 4.82. The molecule has 108 valence electrons. The van der Waals surface area contributed by atoms with E-state index in [0.29, 0.717) is 0 Å². The van der Waals surface area contributed by atoms with Gasteiger partial charge in [-0.1, -0.05) is 23.7 Å². The third-order valence-electron chi connectivity index (χ3n) is 5.05. The topological polar surface area (TPSA) is 24.9 Å². The first-order valence-electron chi connectivity index (χ1n) is 7.74. The summed E-state index contributed by atoms with van der Waals surface area (Å²) in [6, 6.07) is 10.8. The molecule has 1 saturated heterocycles. The van der Waals surface area contributed by atoms with Gasteiger partial charge in [-0.2, -0.15) is 0 Å². The van der Waals surface area contributed by atoms with Crippen LogP contribution in [0.1, 0.15) is 35.2 Å².